The minimum Gasteiger partial charge on any atom is -0.378 e. The first-order chi connectivity index (χ1) is 13.4. The van der Waals surface area contributed by atoms with E-state index in [-0.39, 0.29) is 12.5 Å². The van der Waals surface area contributed by atoms with Crippen molar-refractivity contribution >= 4 is 22.6 Å². The number of morpholine rings is 1. The summed E-state index contributed by atoms with van der Waals surface area (Å²) in [4.78, 5) is 19.2. The third kappa shape index (κ3) is 5.56. The number of nitrogens with zero attached hydrogens (tertiary/aromatic N) is 2. The van der Waals surface area contributed by atoms with E-state index >= 15 is 0 Å². The van der Waals surface area contributed by atoms with Gasteiger partial charge in [0.25, 0.3) is 5.91 Å². The predicted molar refractivity (Wildman–Crippen MR) is 98.4 cm³/mol. The minimum atomic E-state index is -4.32. The van der Waals surface area contributed by atoms with Crippen LogP contribution in [0.5, 0.6) is 0 Å². The third-order valence-electron chi connectivity index (χ3n) is 4.28. The molecule has 9 heteroatoms. The Labute approximate surface area is 160 Å². The van der Waals surface area contributed by atoms with Crippen molar-refractivity contribution in [2.24, 2.45) is 0 Å². The van der Waals surface area contributed by atoms with Gasteiger partial charge >= 0.3 is 6.18 Å². The van der Waals surface area contributed by atoms with E-state index in [1.165, 1.54) is 0 Å². The number of benzene rings is 1. The highest BCUT2D eigenvalue weighted by Gasteiger charge is 2.27. The van der Waals surface area contributed by atoms with Crippen LogP contribution >= 0.6 is 0 Å². The van der Waals surface area contributed by atoms with Crippen LogP contribution in [0.1, 0.15) is 16.8 Å². The number of amides is 1. The highest BCUT2D eigenvalue weighted by Crippen LogP contribution is 2.23. The molecule has 2 heterocycles. The fourth-order valence-corrected chi connectivity index (χ4v) is 2.96. The number of carbonyl (C=O) groups is 1. The molecule has 0 bridgehead atoms. The average Bonchev–Trinajstić information content (AvgIpc) is 2.69. The summed E-state index contributed by atoms with van der Waals surface area (Å²) < 4.78 is 46.1. The molecular formula is C19H22F3N3O3. The molecule has 2 aromatic rings. The number of halogens is 3. The van der Waals surface area contributed by atoms with E-state index in [0.29, 0.717) is 56.2 Å². The zero-order valence-electron chi connectivity index (χ0n) is 15.3. The van der Waals surface area contributed by atoms with Gasteiger partial charge in [-0.05, 0) is 18.6 Å². The molecule has 0 unspecified atom stereocenters. The quantitative estimate of drug-likeness (QED) is 0.728. The van der Waals surface area contributed by atoms with Crippen LogP contribution in [0.3, 0.4) is 0 Å². The summed E-state index contributed by atoms with van der Waals surface area (Å²) in [6, 6.07) is 9.06. The third-order valence-corrected chi connectivity index (χ3v) is 4.28. The second-order valence-corrected chi connectivity index (χ2v) is 6.42. The van der Waals surface area contributed by atoms with Crippen LogP contribution in [0.25, 0.3) is 10.9 Å². The highest BCUT2D eigenvalue weighted by molar-refractivity contribution is 6.07. The number of rotatable bonds is 7. The summed E-state index contributed by atoms with van der Waals surface area (Å²) >= 11 is 0. The maximum atomic E-state index is 13.0. The van der Waals surface area contributed by atoms with E-state index < -0.39 is 12.8 Å². The summed E-state index contributed by atoms with van der Waals surface area (Å²) in [5.41, 5.74) is 1.22. The molecule has 1 aromatic heterocycles. The molecule has 0 radical (unpaired) electrons. The number of carbonyl (C=O) groups excluding carboxylic acids is 1. The van der Waals surface area contributed by atoms with Gasteiger partial charge in [0.2, 0.25) is 0 Å². The van der Waals surface area contributed by atoms with Gasteiger partial charge in [-0.3, -0.25) is 4.79 Å². The predicted octanol–water partition coefficient (Wildman–Crippen LogP) is 3.09. The second-order valence-electron chi connectivity index (χ2n) is 6.42. The molecular weight excluding hydrogens is 375 g/mol. The number of ether oxygens (including phenoxy) is 2. The molecule has 1 saturated heterocycles. The second kappa shape index (κ2) is 9.20. The Morgan fingerprint density at radius 2 is 2.00 bits per heavy atom. The Bertz CT molecular complexity index is 808. The van der Waals surface area contributed by atoms with Crippen molar-refractivity contribution in [3.8, 4) is 0 Å². The van der Waals surface area contributed by atoms with E-state index in [9.17, 15) is 18.0 Å². The van der Waals surface area contributed by atoms with Gasteiger partial charge in [-0.2, -0.15) is 13.2 Å². The van der Waals surface area contributed by atoms with Crippen LogP contribution in [-0.2, 0) is 9.47 Å². The Hall–Kier alpha value is -2.39. The highest BCUT2D eigenvalue weighted by atomic mass is 19.4. The van der Waals surface area contributed by atoms with E-state index in [4.69, 9.17) is 4.74 Å². The lowest BCUT2D eigenvalue weighted by atomic mass is 10.1. The van der Waals surface area contributed by atoms with Gasteiger partial charge in [-0.15, -0.1) is 0 Å². The SMILES string of the molecule is O=C(c1cc(NCCCOCC(F)(F)F)nc2ccccc12)N1CCOCC1. The number of anilines is 1. The molecule has 0 spiro atoms. The van der Waals surface area contributed by atoms with Gasteiger partial charge in [0.05, 0.1) is 24.3 Å². The Balaban J connectivity index is 1.67. The number of pyridine rings is 1. The topological polar surface area (TPSA) is 63.7 Å². The lowest BCUT2D eigenvalue weighted by molar-refractivity contribution is -0.173. The van der Waals surface area contributed by atoms with Crippen molar-refractivity contribution in [1.82, 2.24) is 9.88 Å². The van der Waals surface area contributed by atoms with Gasteiger partial charge in [0.1, 0.15) is 12.4 Å². The van der Waals surface area contributed by atoms with Crippen molar-refractivity contribution in [2.45, 2.75) is 12.6 Å². The molecule has 0 saturated carbocycles. The Kier molecular flexibility index (Phi) is 6.69. The first-order valence-corrected chi connectivity index (χ1v) is 9.09. The van der Waals surface area contributed by atoms with Crippen molar-refractivity contribution in [3.05, 3.63) is 35.9 Å². The summed E-state index contributed by atoms with van der Waals surface area (Å²) in [6.45, 7) is 1.21. The molecule has 0 atom stereocenters. The average molecular weight is 397 g/mol. The van der Waals surface area contributed by atoms with E-state index in [1.807, 2.05) is 24.3 Å². The molecule has 3 rings (SSSR count). The minimum absolute atomic E-state index is 0.0142. The van der Waals surface area contributed by atoms with Crippen molar-refractivity contribution < 1.29 is 27.4 Å². The zero-order valence-corrected chi connectivity index (χ0v) is 15.3. The van der Waals surface area contributed by atoms with Gasteiger partial charge in [0, 0.05) is 31.6 Å². The van der Waals surface area contributed by atoms with Crippen LogP contribution in [0.2, 0.25) is 0 Å². The molecule has 1 fully saturated rings. The van der Waals surface area contributed by atoms with Crippen LogP contribution in [0, 0.1) is 0 Å². The first-order valence-electron chi connectivity index (χ1n) is 9.09. The summed E-state index contributed by atoms with van der Waals surface area (Å²) in [5, 5.41) is 3.83. The normalized spacial score (nSPS) is 15.0. The van der Waals surface area contributed by atoms with E-state index in [2.05, 4.69) is 15.0 Å². The Morgan fingerprint density at radius 3 is 2.75 bits per heavy atom. The molecule has 152 valence electrons. The number of alkyl halides is 3. The molecule has 6 nitrogen and oxygen atoms in total. The first kappa shape index (κ1) is 20.3. The fourth-order valence-electron chi connectivity index (χ4n) is 2.96. The number of fused-ring (bicyclic) bond motifs is 1. The van der Waals surface area contributed by atoms with Gasteiger partial charge in [-0.1, -0.05) is 18.2 Å². The van der Waals surface area contributed by atoms with Crippen LogP contribution in [-0.4, -0.2) is 68.0 Å². The molecule has 1 aliphatic rings. The number of hydrogen-bond donors (Lipinski definition) is 1. The van der Waals surface area contributed by atoms with Gasteiger partial charge in [0.15, 0.2) is 0 Å². The monoisotopic (exact) mass is 397 g/mol. The number of aromatic nitrogens is 1. The maximum absolute atomic E-state index is 13.0. The summed E-state index contributed by atoms with van der Waals surface area (Å²) in [7, 11) is 0. The molecule has 1 aliphatic heterocycles. The van der Waals surface area contributed by atoms with E-state index in [1.54, 1.807) is 11.0 Å². The largest absolute Gasteiger partial charge is 0.411 e. The lowest BCUT2D eigenvalue weighted by Crippen LogP contribution is -2.40. The fraction of sp³-hybridized carbons (Fsp3) is 0.474. The van der Waals surface area contributed by atoms with Gasteiger partial charge < -0.3 is 19.7 Å². The molecule has 1 N–H and O–H groups in total. The van der Waals surface area contributed by atoms with Crippen LogP contribution in [0.4, 0.5) is 19.0 Å². The van der Waals surface area contributed by atoms with Crippen molar-refractivity contribution in [3.63, 3.8) is 0 Å². The van der Waals surface area contributed by atoms with E-state index in [0.717, 1.165) is 5.39 Å². The number of nitrogens with one attached hydrogen (secondary N) is 1. The zero-order chi connectivity index (χ0) is 20.0. The summed E-state index contributed by atoms with van der Waals surface area (Å²) in [5.74, 6) is 0.421. The molecule has 28 heavy (non-hydrogen) atoms. The van der Waals surface area contributed by atoms with Crippen molar-refractivity contribution in [2.75, 3.05) is 51.4 Å². The molecule has 1 amide bonds. The smallest absolute Gasteiger partial charge is 0.378 e. The maximum Gasteiger partial charge on any atom is 0.411 e. The number of hydrogen-bond acceptors (Lipinski definition) is 5. The van der Waals surface area contributed by atoms with Crippen LogP contribution in [0.15, 0.2) is 30.3 Å². The standard InChI is InChI=1S/C19H22F3N3O3/c20-19(21,22)13-28-9-3-6-23-17-12-15(14-4-1-2-5-16(14)24-17)18(26)25-7-10-27-11-8-25/h1-2,4-5,12H,3,6-11,13H2,(H,23,24). The van der Waals surface area contributed by atoms with Crippen LogP contribution < -0.4 is 5.32 Å². The van der Waals surface area contributed by atoms with Crippen molar-refractivity contribution in [1.29, 1.82) is 0 Å². The van der Waals surface area contributed by atoms with Gasteiger partial charge in [-0.25, -0.2) is 4.98 Å². The number of para-hydroxylation sites is 1. The molecule has 1 aromatic carbocycles. The summed E-state index contributed by atoms with van der Waals surface area (Å²) in [6.07, 6.45) is -3.93. The Morgan fingerprint density at radius 1 is 1.25 bits per heavy atom. The lowest BCUT2D eigenvalue weighted by Gasteiger charge is -2.27. The molecule has 0 aliphatic carbocycles.